The van der Waals surface area contributed by atoms with Crippen LogP contribution in [-0.2, 0) is 9.53 Å². The number of hydrogen-bond acceptors (Lipinski definition) is 4. The lowest BCUT2D eigenvalue weighted by atomic mass is 10.2. The van der Waals surface area contributed by atoms with Crippen LogP contribution in [0.4, 0.5) is 18.9 Å². The average Bonchev–Trinajstić information content (AvgIpc) is 2.55. The van der Waals surface area contributed by atoms with Crippen LogP contribution in [0.1, 0.15) is 10.4 Å². The molecule has 0 radical (unpaired) electrons. The molecule has 2 rings (SSSR count). The van der Waals surface area contributed by atoms with Crippen LogP contribution < -0.4 is 10.1 Å². The van der Waals surface area contributed by atoms with Gasteiger partial charge in [-0.15, -0.1) is 0 Å². The zero-order valence-electron chi connectivity index (χ0n) is 12.5. The van der Waals surface area contributed by atoms with Crippen molar-refractivity contribution < 1.29 is 32.2 Å². The minimum atomic E-state index is -3.11. The maximum absolute atomic E-state index is 12.9. The molecule has 0 aliphatic rings. The van der Waals surface area contributed by atoms with Crippen LogP contribution in [0.5, 0.6) is 5.75 Å². The molecule has 0 unspecified atom stereocenters. The lowest BCUT2D eigenvalue weighted by molar-refractivity contribution is -0.119. The number of benzene rings is 2. The zero-order chi connectivity index (χ0) is 18.4. The highest BCUT2D eigenvalue weighted by atomic mass is 35.5. The van der Waals surface area contributed by atoms with E-state index in [1.165, 1.54) is 30.3 Å². The summed E-state index contributed by atoms with van der Waals surface area (Å²) in [6, 6.07) is 8.54. The molecular weight excluding hydrogens is 363 g/mol. The first kappa shape index (κ1) is 18.6. The molecule has 25 heavy (non-hydrogen) atoms. The first-order chi connectivity index (χ1) is 11.9. The van der Waals surface area contributed by atoms with E-state index in [0.29, 0.717) is 0 Å². The Morgan fingerprint density at radius 3 is 2.56 bits per heavy atom. The molecule has 0 aromatic heterocycles. The second-order valence-corrected chi connectivity index (χ2v) is 5.03. The van der Waals surface area contributed by atoms with Crippen LogP contribution in [0.25, 0.3) is 0 Å². The average molecular weight is 374 g/mol. The lowest BCUT2D eigenvalue weighted by Crippen LogP contribution is -2.21. The van der Waals surface area contributed by atoms with E-state index in [4.69, 9.17) is 16.3 Å². The molecule has 0 atom stereocenters. The summed E-state index contributed by atoms with van der Waals surface area (Å²) in [7, 11) is 0. The molecule has 0 bridgehead atoms. The van der Waals surface area contributed by atoms with Crippen LogP contribution in [0.15, 0.2) is 42.5 Å². The van der Waals surface area contributed by atoms with E-state index < -0.39 is 30.9 Å². The lowest BCUT2D eigenvalue weighted by Gasteiger charge is -2.11. The van der Waals surface area contributed by atoms with E-state index in [1.54, 1.807) is 0 Å². The van der Waals surface area contributed by atoms with Gasteiger partial charge < -0.3 is 14.8 Å². The number of amides is 1. The quantitative estimate of drug-likeness (QED) is 0.780. The standard InChI is InChI=1S/C16H11ClF3NO4/c17-11-7-9(18)5-6-12(11)21-14(22)8-24-15(23)10-3-1-2-4-13(10)25-16(19)20/h1-7,16H,8H2,(H,21,22). The molecule has 2 aromatic rings. The summed E-state index contributed by atoms with van der Waals surface area (Å²) in [5.74, 6) is -2.71. The van der Waals surface area contributed by atoms with E-state index in [2.05, 4.69) is 10.1 Å². The van der Waals surface area contributed by atoms with Crippen LogP contribution >= 0.6 is 11.6 Å². The molecule has 0 spiro atoms. The first-order valence-corrected chi connectivity index (χ1v) is 7.20. The normalized spacial score (nSPS) is 10.4. The van der Waals surface area contributed by atoms with Crippen molar-refractivity contribution in [2.45, 2.75) is 6.61 Å². The van der Waals surface area contributed by atoms with Crippen molar-refractivity contribution in [2.75, 3.05) is 11.9 Å². The number of alkyl halides is 2. The first-order valence-electron chi connectivity index (χ1n) is 6.82. The summed E-state index contributed by atoms with van der Waals surface area (Å²) in [6.45, 7) is -3.81. The second kappa shape index (κ2) is 8.39. The van der Waals surface area contributed by atoms with Crippen molar-refractivity contribution in [2.24, 2.45) is 0 Å². The van der Waals surface area contributed by atoms with Gasteiger partial charge in [0.15, 0.2) is 6.61 Å². The molecular formula is C16H11ClF3NO4. The van der Waals surface area contributed by atoms with Crippen molar-refractivity contribution in [3.05, 3.63) is 58.9 Å². The molecule has 0 aliphatic carbocycles. The molecule has 0 aliphatic heterocycles. The Kier molecular flexibility index (Phi) is 6.24. The van der Waals surface area contributed by atoms with Crippen LogP contribution in [0, 0.1) is 5.82 Å². The summed E-state index contributed by atoms with van der Waals surface area (Å²) in [5, 5.41) is 2.29. The minimum absolute atomic E-state index is 0.0321. The highest BCUT2D eigenvalue weighted by Crippen LogP contribution is 2.23. The smallest absolute Gasteiger partial charge is 0.387 e. The number of ether oxygens (including phenoxy) is 2. The number of carbonyl (C=O) groups excluding carboxylic acids is 2. The zero-order valence-corrected chi connectivity index (χ0v) is 13.2. The van der Waals surface area contributed by atoms with Crippen LogP contribution in [-0.4, -0.2) is 25.1 Å². The van der Waals surface area contributed by atoms with Crippen molar-refractivity contribution in [1.82, 2.24) is 0 Å². The van der Waals surface area contributed by atoms with Gasteiger partial charge in [-0.05, 0) is 30.3 Å². The number of anilines is 1. The Bertz CT molecular complexity index is 786. The fraction of sp³-hybridized carbons (Fsp3) is 0.125. The van der Waals surface area contributed by atoms with Crippen molar-refractivity contribution in [1.29, 1.82) is 0 Å². The van der Waals surface area contributed by atoms with Crippen LogP contribution in [0.3, 0.4) is 0 Å². The van der Waals surface area contributed by atoms with E-state index in [9.17, 15) is 22.8 Å². The predicted octanol–water partition coefficient (Wildman–Crippen LogP) is 3.88. The molecule has 2 aromatic carbocycles. The third kappa shape index (κ3) is 5.39. The molecule has 1 N–H and O–H groups in total. The summed E-state index contributed by atoms with van der Waals surface area (Å²) in [4.78, 5) is 23.7. The monoisotopic (exact) mass is 373 g/mol. The number of rotatable bonds is 6. The minimum Gasteiger partial charge on any atom is -0.452 e. The van der Waals surface area contributed by atoms with E-state index in [-0.39, 0.29) is 22.0 Å². The van der Waals surface area contributed by atoms with E-state index in [0.717, 1.165) is 12.1 Å². The van der Waals surface area contributed by atoms with E-state index >= 15 is 0 Å². The molecule has 9 heteroatoms. The third-order valence-corrected chi connectivity index (χ3v) is 3.18. The number of nitrogens with one attached hydrogen (secondary N) is 1. The van der Waals surface area contributed by atoms with Gasteiger partial charge in [0.25, 0.3) is 5.91 Å². The molecule has 1 amide bonds. The highest BCUT2D eigenvalue weighted by Gasteiger charge is 2.18. The van der Waals surface area contributed by atoms with E-state index in [1.807, 2.05) is 0 Å². The Labute approximate surface area is 145 Å². The Hall–Kier alpha value is -2.74. The Balaban J connectivity index is 1.97. The maximum atomic E-state index is 12.9. The predicted molar refractivity (Wildman–Crippen MR) is 83.4 cm³/mol. The number of halogens is 4. The van der Waals surface area contributed by atoms with Crippen molar-refractivity contribution in [3.8, 4) is 5.75 Å². The number of esters is 1. The van der Waals surface area contributed by atoms with Gasteiger partial charge in [-0.1, -0.05) is 23.7 Å². The fourth-order valence-electron chi connectivity index (χ4n) is 1.82. The molecule has 0 fully saturated rings. The van der Waals surface area contributed by atoms with Gasteiger partial charge in [0, 0.05) is 0 Å². The number of para-hydroxylation sites is 1. The van der Waals surface area contributed by atoms with Gasteiger partial charge in [0.2, 0.25) is 0 Å². The molecule has 0 saturated carbocycles. The van der Waals surface area contributed by atoms with Gasteiger partial charge in [-0.25, -0.2) is 9.18 Å². The number of carbonyl (C=O) groups is 2. The topological polar surface area (TPSA) is 64.6 Å². The Morgan fingerprint density at radius 2 is 1.88 bits per heavy atom. The molecule has 132 valence electrons. The van der Waals surface area contributed by atoms with Gasteiger partial charge in [-0.3, -0.25) is 4.79 Å². The highest BCUT2D eigenvalue weighted by molar-refractivity contribution is 6.33. The summed E-state index contributed by atoms with van der Waals surface area (Å²) in [6.07, 6.45) is 0. The molecule has 0 saturated heterocycles. The Morgan fingerprint density at radius 1 is 1.16 bits per heavy atom. The largest absolute Gasteiger partial charge is 0.452 e. The van der Waals surface area contributed by atoms with Crippen molar-refractivity contribution >= 4 is 29.2 Å². The second-order valence-electron chi connectivity index (χ2n) is 4.62. The van der Waals surface area contributed by atoms with Gasteiger partial charge >= 0.3 is 12.6 Å². The third-order valence-electron chi connectivity index (χ3n) is 2.86. The maximum Gasteiger partial charge on any atom is 0.387 e. The number of hydrogen-bond donors (Lipinski definition) is 1. The van der Waals surface area contributed by atoms with Crippen LogP contribution in [0.2, 0.25) is 5.02 Å². The summed E-state index contributed by atoms with van der Waals surface area (Å²) in [5.41, 5.74) is -0.124. The SMILES string of the molecule is O=C(COC(=O)c1ccccc1OC(F)F)Nc1ccc(F)cc1Cl. The molecule has 5 nitrogen and oxygen atoms in total. The van der Waals surface area contributed by atoms with Gasteiger partial charge in [0.1, 0.15) is 17.1 Å². The fourth-order valence-corrected chi connectivity index (χ4v) is 2.03. The molecule has 0 heterocycles. The summed E-state index contributed by atoms with van der Waals surface area (Å²) >= 11 is 5.75. The summed E-state index contributed by atoms with van der Waals surface area (Å²) < 4.78 is 46.5. The van der Waals surface area contributed by atoms with Gasteiger partial charge in [-0.2, -0.15) is 8.78 Å². The van der Waals surface area contributed by atoms with Gasteiger partial charge in [0.05, 0.1) is 10.7 Å². The van der Waals surface area contributed by atoms with Crippen molar-refractivity contribution in [3.63, 3.8) is 0 Å².